The van der Waals surface area contributed by atoms with Crippen LogP contribution in [0, 0.1) is 0 Å². The van der Waals surface area contributed by atoms with Gasteiger partial charge < -0.3 is 15.2 Å². The van der Waals surface area contributed by atoms with E-state index in [1.54, 1.807) is 12.1 Å². The van der Waals surface area contributed by atoms with E-state index in [1.807, 2.05) is 0 Å². The Hall–Kier alpha value is -2.15. The predicted octanol–water partition coefficient (Wildman–Crippen LogP) is 2.94. The van der Waals surface area contributed by atoms with Gasteiger partial charge in [-0.25, -0.2) is 9.78 Å². The zero-order valence-electron chi connectivity index (χ0n) is 11.2. The number of hydrogen-bond acceptors (Lipinski definition) is 6. The summed E-state index contributed by atoms with van der Waals surface area (Å²) in [4.78, 5) is 15.4. The summed E-state index contributed by atoms with van der Waals surface area (Å²) in [7, 11) is 1.44. The molecule has 0 atom stereocenters. The van der Waals surface area contributed by atoms with Crippen LogP contribution in [-0.4, -0.2) is 27.5 Å². The van der Waals surface area contributed by atoms with Crippen LogP contribution in [0.1, 0.15) is 29.5 Å². The Labute approximate surface area is 120 Å². The Morgan fingerprint density at radius 3 is 2.95 bits per heavy atom. The third kappa shape index (κ3) is 3.24. The molecule has 20 heavy (non-hydrogen) atoms. The van der Waals surface area contributed by atoms with Gasteiger partial charge in [-0.05, 0) is 18.6 Å². The van der Waals surface area contributed by atoms with Crippen molar-refractivity contribution in [1.29, 1.82) is 0 Å². The first kappa shape index (κ1) is 14.3. The highest BCUT2D eigenvalue weighted by molar-refractivity contribution is 7.09. The maximum Gasteiger partial charge on any atom is 0.339 e. The van der Waals surface area contributed by atoms with Crippen molar-refractivity contribution in [2.45, 2.75) is 19.8 Å². The van der Waals surface area contributed by atoms with Crippen molar-refractivity contribution in [3.8, 4) is 5.75 Å². The Kier molecular flexibility index (Phi) is 4.52. The molecule has 0 fully saturated rings. The molecule has 0 unspecified atom stereocenters. The third-order valence-corrected chi connectivity index (χ3v) is 3.29. The summed E-state index contributed by atoms with van der Waals surface area (Å²) in [6, 6.07) is 4.80. The summed E-state index contributed by atoms with van der Waals surface area (Å²) in [6.45, 7) is 2.07. The Morgan fingerprint density at radius 1 is 1.50 bits per heavy atom. The number of aryl methyl sites for hydroxylation is 1. The van der Waals surface area contributed by atoms with Gasteiger partial charge in [0.1, 0.15) is 17.1 Å². The summed E-state index contributed by atoms with van der Waals surface area (Å²) < 4.78 is 9.31. The first-order chi connectivity index (χ1) is 9.63. The number of anilines is 2. The van der Waals surface area contributed by atoms with E-state index in [0.717, 1.165) is 18.7 Å². The second-order valence-corrected chi connectivity index (χ2v) is 4.86. The Bertz CT molecular complexity index is 613. The predicted molar refractivity (Wildman–Crippen MR) is 77.1 cm³/mol. The molecule has 0 bridgehead atoms. The Morgan fingerprint density at radius 2 is 2.30 bits per heavy atom. The van der Waals surface area contributed by atoms with E-state index < -0.39 is 5.97 Å². The fraction of sp³-hybridized carbons (Fsp3) is 0.308. The average molecular weight is 293 g/mol. The molecule has 1 aromatic heterocycles. The zero-order valence-corrected chi connectivity index (χ0v) is 12.0. The van der Waals surface area contributed by atoms with Crippen molar-refractivity contribution in [3.05, 3.63) is 29.6 Å². The number of aromatic nitrogens is 2. The summed E-state index contributed by atoms with van der Waals surface area (Å²) in [5, 5.41) is 12.8. The first-order valence-electron chi connectivity index (χ1n) is 6.15. The number of hydrogen-bond donors (Lipinski definition) is 2. The standard InChI is InChI=1S/C13H15N3O3S/c1-3-4-11-15-13(20-16-11)14-8-5-6-9(12(17)18)10(7-8)19-2/h5-7H,3-4H2,1-2H3,(H,17,18)(H,14,15,16). The highest BCUT2D eigenvalue weighted by Crippen LogP contribution is 2.26. The number of carboxylic acids is 1. The van der Waals surface area contributed by atoms with Crippen LogP contribution in [0.15, 0.2) is 18.2 Å². The molecule has 0 spiro atoms. The lowest BCUT2D eigenvalue weighted by Crippen LogP contribution is -2.01. The smallest absolute Gasteiger partial charge is 0.339 e. The molecule has 2 N–H and O–H groups in total. The van der Waals surface area contributed by atoms with Gasteiger partial charge in [-0.3, -0.25) is 0 Å². The minimum Gasteiger partial charge on any atom is -0.496 e. The number of ether oxygens (including phenoxy) is 1. The number of carbonyl (C=O) groups is 1. The molecule has 2 aromatic rings. The summed E-state index contributed by atoms with van der Waals surface area (Å²) in [5.74, 6) is 0.101. The molecule has 2 rings (SSSR count). The highest BCUT2D eigenvalue weighted by atomic mass is 32.1. The van der Waals surface area contributed by atoms with Gasteiger partial charge in [0, 0.05) is 29.7 Å². The molecule has 7 heteroatoms. The summed E-state index contributed by atoms with van der Waals surface area (Å²) >= 11 is 1.28. The molecule has 0 radical (unpaired) electrons. The lowest BCUT2D eigenvalue weighted by atomic mass is 10.2. The fourth-order valence-electron chi connectivity index (χ4n) is 1.70. The normalized spacial score (nSPS) is 10.3. The van der Waals surface area contributed by atoms with Gasteiger partial charge in [0.05, 0.1) is 7.11 Å². The Balaban J connectivity index is 2.18. The van der Waals surface area contributed by atoms with Gasteiger partial charge in [-0.1, -0.05) is 6.92 Å². The number of nitrogens with one attached hydrogen (secondary N) is 1. The quantitative estimate of drug-likeness (QED) is 0.852. The van der Waals surface area contributed by atoms with E-state index in [0.29, 0.717) is 16.6 Å². The van der Waals surface area contributed by atoms with Crippen LogP contribution in [0.25, 0.3) is 0 Å². The molecule has 1 aromatic carbocycles. The zero-order chi connectivity index (χ0) is 14.5. The first-order valence-corrected chi connectivity index (χ1v) is 6.92. The van der Waals surface area contributed by atoms with Gasteiger partial charge in [-0.15, -0.1) is 0 Å². The SMILES string of the molecule is CCCc1nsc(Nc2ccc(C(=O)O)c(OC)c2)n1. The molecule has 0 aliphatic carbocycles. The van der Waals surface area contributed by atoms with Crippen LogP contribution in [0.3, 0.4) is 0 Å². The molecule has 0 amide bonds. The number of rotatable bonds is 6. The second-order valence-electron chi connectivity index (χ2n) is 4.11. The van der Waals surface area contributed by atoms with Crippen LogP contribution in [0.5, 0.6) is 5.75 Å². The van der Waals surface area contributed by atoms with Gasteiger partial charge in [0.2, 0.25) is 5.13 Å². The monoisotopic (exact) mass is 293 g/mol. The van der Waals surface area contributed by atoms with Crippen LogP contribution in [-0.2, 0) is 6.42 Å². The average Bonchev–Trinajstić information content (AvgIpc) is 2.86. The number of nitrogens with zero attached hydrogens (tertiary/aromatic N) is 2. The van der Waals surface area contributed by atoms with Crippen LogP contribution < -0.4 is 10.1 Å². The van der Waals surface area contributed by atoms with Crippen molar-refractivity contribution in [2.24, 2.45) is 0 Å². The molecule has 106 valence electrons. The highest BCUT2D eigenvalue weighted by Gasteiger charge is 2.12. The van der Waals surface area contributed by atoms with Gasteiger partial charge in [0.25, 0.3) is 0 Å². The van der Waals surface area contributed by atoms with Crippen molar-refractivity contribution in [1.82, 2.24) is 9.36 Å². The lowest BCUT2D eigenvalue weighted by Gasteiger charge is -2.08. The number of aromatic carboxylic acids is 1. The number of carboxylic acid groups (broad SMARTS) is 1. The van der Waals surface area contributed by atoms with E-state index in [-0.39, 0.29) is 5.56 Å². The van der Waals surface area contributed by atoms with E-state index in [2.05, 4.69) is 21.6 Å². The molecule has 0 aliphatic rings. The lowest BCUT2D eigenvalue weighted by molar-refractivity contribution is 0.0693. The largest absolute Gasteiger partial charge is 0.496 e. The maximum absolute atomic E-state index is 11.0. The summed E-state index contributed by atoms with van der Waals surface area (Å²) in [5.41, 5.74) is 0.841. The number of methoxy groups -OCH3 is 1. The van der Waals surface area contributed by atoms with Crippen LogP contribution >= 0.6 is 11.5 Å². The molecule has 1 heterocycles. The molecular weight excluding hydrogens is 278 g/mol. The molecule has 0 saturated heterocycles. The van der Waals surface area contributed by atoms with E-state index in [9.17, 15) is 4.79 Å². The minimum absolute atomic E-state index is 0.127. The molecule has 0 saturated carbocycles. The van der Waals surface area contributed by atoms with E-state index in [1.165, 1.54) is 24.7 Å². The molecular formula is C13H15N3O3S. The van der Waals surface area contributed by atoms with Gasteiger partial charge in [0.15, 0.2) is 0 Å². The number of benzene rings is 1. The summed E-state index contributed by atoms with van der Waals surface area (Å²) in [6.07, 6.45) is 1.84. The van der Waals surface area contributed by atoms with E-state index >= 15 is 0 Å². The van der Waals surface area contributed by atoms with Crippen LogP contribution in [0.4, 0.5) is 10.8 Å². The molecule has 6 nitrogen and oxygen atoms in total. The van der Waals surface area contributed by atoms with Crippen molar-refractivity contribution in [3.63, 3.8) is 0 Å². The van der Waals surface area contributed by atoms with Gasteiger partial charge >= 0.3 is 5.97 Å². The van der Waals surface area contributed by atoms with Crippen molar-refractivity contribution < 1.29 is 14.6 Å². The minimum atomic E-state index is -1.02. The van der Waals surface area contributed by atoms with Gasteiger partial charge in [-0.2, -0.15) is 4.37 Å². The third-order valence-electron chi connectivity index (χ3n) is 2.62. The fourth-order valence-corrected chi connectivity index (χ4v) is 2.33. The molecule has 0 aliphatic heterocycles. The maximum atomic E-state index is 11.0. The topological polar surface area (TPSA) is 84.3 Å². The van der Waals surface area contributed by atoms with Crippen molar-refractivity contribution >= 4 is 28.3 Å². The second kappa shape index (κ2) is 6.33. The van der Waals surface area contributed by atoms with Crippen molar-refractivity contribution in [2.75, 3.05) is 12.4 Å². The van der Waals surface area contributed by atoms with E-state index in [4.69, 9.17) is 9.84 Å². The van der Waals surface area contributed by atoms with Crippen LogP contribution in [0.2, 0.25) is 0 Å².